The van der Waals surface area contributed by atoms with Gasteiger partial charge >= 0.3 is 5.69 Å². The van der Waals surface area contributed by atoms with E-state index in [1.165, 1.54) is 25.5 Å². The molecule has 2 aromatic heterocycles. The van der Waals surface area contributed by atoms with Crippen molar-refractivity contribution in [3.8, 4) is 23.1 Å². The van der Waals surface area contributed by atoms with E-state index in [1.54, 1.807) is 54.6 Å². The highest BCUT2D eigenvalue weighted by Crippen LogP contribution is 2.39. The van der Waals surface area contributed by atoms with Crippen molar-refractivity contribution >= 4 is 72.9 Å². The molecule has 0 aliphatic rings. The second-order valence-corrected chi connectivity index (χ2v) is 11.2. The Morgan fingerprint density at radius 2 is 1.89 bits per heavy atom. The molecule has 0 spiro atoms. The first-order chi connectivity index (χ1) is 21.2. The van der Waals surface area contributed by atoms with Gasteiger partial charge in [-0.05, 0) is 60.2 Å². The van der Waals surface area contributed by atoms with E-state index in [0.29, 0.717) is 37.9 Å². The number of ether oxygens (including phenoxy) is 2. The van der Waals surface area contributed by atoms with Gasteiger partial charge in [-0.3, -0.25) is 14.9 Å². The lowest BCUT2D eigenvalue weighted by atomic mass is 10.1. The number of fused-ring (bicyclic) bond motifs is 2. The van der Waals surface area contributed by atoms with Crippen molar-refractivity contribution in [2.75, 3.05) is 7.11 Å². The van der Waals surface area contributed by atoms with Gasteiger partial charge in [0.25, 0.3) is 5.56 Å². The smallest absolute Gasteiger partial charge is 0.315 e. The second-order valence-electron chi connectivity index (χ2n) is 9.47. The Bertz CT molecular complexity index is 2180. The topological polar surface area (TPSA) is 122 Å². The molecule has 0 aliphatic carbocycles. The van der Waals surface area contributed by atoms with Crippen LogP contribution in [-0.4, -0.2) is 27.9 Å². The Morgan fingerprint density at radius 1 is 1.07 bits per heavy atom. The largest absolute Gasteiger partial charge is 0.493 e. The molecule has 13 heteroatoms. The monoisotopic (exact) mass is 692 g/mol. The first kappa shape index (κ1) is 29.4. The van der Waals surface area contributed by atoms with Crippen LogP contribution in [0.3, 0.4) is 0 Å². The van der Waals surface area contributed by atoms with E-state index in [0.717, 1.165) is 14.5 Å². The summed E-state index contributed by atoms with van der Waals surface area (Å²) in [5.74, 6) is 0.472. The van der Waals surface area contributed by atoms with Crippen LogP contribution in [0.5, 0.6) is 11.5 Å². The number of hydrogen-bond acceptors (Lipinski definition) is 8. The first-order valence-corrected chi connectivity index (χ1v) is 14.5. The fourth-order valence-electron chi connectivity index (χ4n) is 4.54. The number of para-hydroxylation sites is 1. The van der Waals surface area contributed by atoms with E-state index in [2.05, 4.69) is 26.0 Å². The molecule has 2 heterocycles. The number of methoxy groups -OCH3 is 1. The average Bonchev–Trinajstić information content (AvgIpc) is 3.44. The van der Waals surface area contributed by atoms with Crippen molar-refractivity contribution in [1.29, 1.82) is 0 Å². The maximum Gasteiger partial charge on any atom is 0.315 e. The number of nitro groups is 1. The van der Waals surface area contributed by atoms with E-state index < -0.39 is 10.5 Å². The lowest BCUT2D eigenvalue weighted by Crippen LogP contribution is -2.20. The minimum atomic E-state index is -0.592. The van der Waals surface area contributed by atoms with Gasteiger partial charge in [-0.25, -0.2) is 4.98 Å². The summed E-state index contributed by atoms with van der Waals surface area (Å²) in [6.45, 7) is -0.0306. The molecule has 0 bridgehead atoms. The number of hydrogen-bond donors (Lipinski definition) is 0. The van der Waals surface area contributed by atoms with Crippen molar-refractivity contribution in [2.45, 2.75) is 6.61 Å². The Balaban J connectivity index is 1.42. The number of rotatable bonds is 8. The van der Waals surface area contributed by atoms with Crippen molar-refractivity contribution in [3.63, 3.8) is 0 Å². The Morgan fingerprint density at radius 3 is 2.66 bits per heavy atom. The molecule has 220 valence electrons. The molecule has 10 nitrogen and oxygen atoms in total. The van der Waals surface area contributed by atoms with Crippen molar-refractivity contribution in [2.24, 2.45) is 5.10 Å². The zero-order valence-electron chi connectivity index (χ0n) is 22.7. The van der Waals surface area contributed by atoms with Crippen LogP contribution < -0.4 is 15.0 Å². The molecule has 6 rings (SSSR count). The Kier molecular flexibility index (Phi) is 8.09. The molecule has 0 fully saturated rings. The number of aromatic nitrogens is 2. The minimum absolute atomic E-state index is 0.0306. The summed E-state index contributed by atoms with van der Waals surface area (Å²) in [5, 5.41) is 18.3. The number of nitrogens with zero attached hydrogens (tertiary/aromatic N) is 4. The fourth-order valence-corrected chi connectivity index (χ4v) is 5.24. The van der Waals surface area contributed by atoms with Gasteiger partial charge in [0.1, 0.15) is 12.2 Å². The molecule has 0 unspecified atom stereocenters. The third kappa shape index (κ3) is 5.77. The van der Waals surface area contributed by atoms with Crippen molar-refractivity contribution in [3.05, 3.63) is 125 Å². The van der Waals surface area contributed by atoms with Crippen LogP contribution in [0.25, 0.3) is 33.5 Å². The van der Waals surface area contributed by atoms with E-state index in [-0.39, 0.29) is 35.2 Å². The Hall–Kier alpha value is -4.71. The van der Waals surface area contributed by atoms with E-state index >= 15 is 0 Å². The predicted molar refractivity (Wildman–Crippen MR) is 172 cm³/mol. The van der Waals surface area contributed by atoms with Crippen LogP contribution in [0.15, 0.2) is 97.6 Å². The molecule has 0 aliphatic heterocycles. The maximum atomic E-state index is 13.6. The molecular weight excluding hydrogens is 675 g/mol. The van der Waals surface area contributed by atoms with Crippen LogP contribution in [0.2, 0.25) is 10.0 Å². The van der Waals surface area contributed by atoms with Gasteiger partial charge < -0.3 is 13.9 Å². The van der Waals surface area contributed by atoms with E-state index in [9.17, 15) is 14.9 Å². The van der Waals surface area contributed by atoms with Gasteiger partial charge in [0.2, 0.25) is 11.6 Å². The Labute approximate surface area is 267 Å². The van der Waals surface area contributed by atoms with Crippen LogP contribution in [0, 0.1) is 10.1 Å². The first-order valence-electron chi connectivity index (χ1n) is 12.9. The van der Waals surface area contributed by atoms with Gasteiger partial charge in [-0.2, -0.15) is 9.78 Å². The minimum Gasteiger partial charge on any atom is -0.493 e. The second kappa shape index (κ2) is 12.1. The van der Waals surface area contributed by atoms with Crippen LogP contribution >= 0.6 is 39.1 Å². The predicted octanol–water partition coefficient (Wildman–Crippen LogP) is 8.26. The highest BCUT2D eigenvalue weighted by atomic mass is 79.9. The summed E-state index contributed by atoms with van der Waals surface area (Å²) < 4.78 is 19.2. The molecule has 44 heavy (non-hydrogen) atoms. The number of furan rings is 1. The SMILES string of the molecule is COc1cc(C=Nn2c(-c3cc4cc(Br)ccc4o3)nc3ccccc3c2=O)cc([N+](=O)[O-])c1OCc1ccc(Cl)c(Cl)c1. The average molecular weight is 694 g/mol. The molecule has 0 amide bonds. The highest BCUT2D eigenvalue weighted by molar-refractivity contribution is 9.10. The summed E-state index contributed by atoms with van der Waals surface area (Å²) in [6.07, 6.45) is 1.30. The standard InChI is InChI=1S/C31H19BrCl2N4O6/c1-42-27-12-18(11-25(38(40)41)29(27)43-16-17-6-8-22(33)23(34)10-17)15-35-37-30(36-24-5-3-2-4-21(24)31(37)39)28-14-19-13-20(32)7-9-26(19)44-28/h2-15H,16H2,1H3. The lowest BCUT2D eigenvalue weighted by Gasteiger charge is -2.12. The number of nitro benzene ring substituents is 1. The fraction of sp³-hybridized carbons (Fsp3) is 0.0645. The molecule has 4 aromatic carbocycles. The molecular formula is C31H19BrCl2N4O6. The molecule has 0 atom stereocenters. The van der Waals surface area contributed by atoms with Gasteiger partial charge in [0, 0.05) is 21.5 Å². The zero-order valence-corrected chi connectivity index (χ0v) is 25.8. The van der Waals surface area contributed by atoms with Gasteiger partial charge in [-0.15, -0.1) is 0 Å². The number of halogens is 3. The summed E-state index contributed by atoms with van der Waals surface area (Å²) in [7, 11) is 1.36. The van der Waals surface area contributed by atoms with E-state index in [1.807, 2.05) is 12.1 Å². The van der Waals surface area contributed by atoms with Gasteiger partial charge in [0.05, 0.1) is 39.2 Å². The summed E-state index contributed by atoms with van der Waals surface area (Å²) in [6, 6.07) is 21.8. The third-order valence-electron chi connectivity index (χ3n) is 6.62. The van der Waals surface area contributed by atoms with Crippen molar-refractivity contribution < 1.29 is 18.8 Å². The summed E-state index contributed by atoms with van der Waals surface area (Å²) >= 11 is 15.5. The molecule has 0 N–H and O–H groups in total. The van der Waals surface area contributed by atoms with Crippen LogP contribution in [-0.2, 0) is 6.61 Å². The number of benzene rings is 4. The molecule has 6 aromatic rings. The van der Waals surface area contributed by atoms with Gasteiger partial charge in [0.15, 0.2) is 11.5 Å². The van der Waals surface area contributed by atoms with E-state index in [4.69, 9.17) is 37.1 Å². The normalized spacial score (nSPS) is 11.5. The zero-order chi connectivity index (χ0) is 31.0. The van der Waals surface area contributed by atoms with Crippen molar-refractivity contribution in [1.82, 2.24) is 9.66 Å². The highest BCUT2D eigenvalue weighted by Gasteiger charge is 2.23. The third-order valence-corrected chi connectivity index (χ3v) is 7.85. The van der Waals surface area contributed by atoms with Crippen LogP contribution in [0.4, 0.5) is 5.69 Å². The van der Waals surface area contributed by atoms with Gasteiger partial charge in [-0.1, -0.05) is 57.3 Å². The maximum absolute atomic E-state index is 13.6. The molecule has 0 saturated carbocycles. The summed E-state index contributed by atoms with van der Waals surface area (Å²) in [5.41, 5.74) is 1.16. The quantitative estimate of drug-likeness (QED) is 0.0894. The molecule has 0 saturated heterocycles. The molecule has 0 radical (unpaired) electrons. The summed E-state index contributed by atoms with van der Waals surface area (Å²) in [4.78, 5) is 29.8. The lowest BCUT2D eigenvalue weighted by molar-refractivity contribution is -0.386. The van der Waals surface area contributed by atoms with Crippen LogP contribution in [0.1, 0.15) is 11.1 Å².